The molecular formula is C54H66FN13O4. The number of rotatable bonds is 16. The summed E-state index contributed by atoms with van der Waals surface area (Å²) in [4.78, 5) is 49.8. The average molecular weight is 980 g/mol. The van der Waals surface area contributed by atoms with Crippen LogP contribution in [-0.2, 0) is 15.9 Å². The van der Waals surface area contributed by atoms with Crippen LogP contribution in [0.5, 0.6) is 0 Å². The van der Waals surface area contributed by atoms with Gasteiger partial charge in [-0.3, -0.25) is 9.59 Å². The first-order valence-corrected chi connectivity index (χ1v) is 25.4. The predicted octanol–water partition coefficient (Wildman–Crippen LogP) is 8.77. The van der Waals surface area contributed by atoms with E-state index in [0.717, 1.165) is 115 Å². The van der Waals surface area contributed by atoms with Crippen molar-refractivity contribution in [3.05, 3.63) is 102 Å². The number of aromatic nitrogens is 9. The van der Waals surface area contributed by atoms with Gasteiger partial charge in [0.05, 0.1) is 59.0 Å². The third kappa shape index (κ3) is 10.7. The quantitative estimate of drug-likeness (QED) is 0.0617. The number of H-pyrrole nitrogens is 1. The van der Waals surface area contributed by atoms with Crippen molar-refractivity contribution in [2.75, 3.05) is 37.9 Å². The van der Waals surface area contributed by atoms with Crippen LogP contribution in [0.3, 0.4) is 0 Å². The molecule has 378 valence electrons. The van der Waals surface area contributed by atoms with Crippen molar-refractivity contribution in [1.82, 2.24) is 54.8 Å². The van der Waals surface area contributed by atoms with Crippen LogP contribution in [0.1, 0.15) is 129 Å². The first-order chi connectivity index (χ1) is 34.7. The number of methoxy groups -OCH3 is 2. The van der Waals surface area contributed by atoms with Gasteiger partial charge in [0.25, 0.3) is 11.8 Å². The fraction of sp³-hybridized carbons (Fsp3) is 0.481. The molecule has 7 heterocycles. The summed E-state index contributed by atoms with van der Waals surface area (Å²) in [6.45, 7) is 8.26. The minimum atomic E-state index is -1.39. The topological polar surface area (TPSA) is 203 Å². The molecule has 2 saturated carbocycles. The standard InChI is InChI=1S/C54H66FN13O4/c1-53(2,30-59-52-58-27-41-39(25-56-48(41)66-52)33-18-20-68-46(23-33)42(28-61-68)49(69)63-35-11-14-37(71-5)15-12-35)24-34-21-36(13-16-47(34)72-6)64-50(70)43-29-62-67-19-17-32(22-45(43)67)38-9-7-8-10-44-40(38)26-57-51(65-44)60-31-54(3,4)55/h9,17-20,22-23,25-29,34-37,47H,7-8,10-16,21,24,30-31H2,1-6H3,(H,63,69)(H,64,70)(H,57,60,65)(H2,56,58,59,66)/t34?,35-,36-,37-,47-/m0/s1. The fourth-order valence-corrected chi connectivity index (χ4v) is 10.9. The number of hydrogen-bond acceptors (Lipinski definition) is 12. The van der Waals surface area contributed by atoms with Crippen LogP contribution in [0.4, 0.5) is 16.3 Å². The summed E-state index contributed by atoms with van der Waals surface area (Å²) in [5.41, 5.74) is 7.31. The lowest BCUT2D eigenvalue weighted by Gasteiger charge is -2.39. The molecule has 10 rings (SSSR count). The Balaban J connectivity index is 0.771. The molecule has 5 N–H and O–H groups in total. The highest BCUT2D eigenvalue weighted by molar-refractivity contribution is 6.03. The fourth-order valence-electron chi connectivity index (χ4n) is 10.9. The Bertz CT molecular complexity index is 3130. The lowest BCUT2D eigenvalue weighted by molar-refractivity contribution is -0.00110. The summed E-state index contributed by atoms with van der Waals surface area (Å²) in [5, 5.41) is 23.0. The van der Waals surface area contributed by atoms with E-state index in [9.17, 15) is 14.0 Å². The molecule has 7 aromatic heterocycles. The highest BCUT2D eigenvalue weighted by Crippen LogP contribution is 2.38. The van der Waals surface area contributed by atoms with E-state index in [0.29, 0.717) is 40.7 Å². The Kier molecular flexibility index (Phi) is 13.8. The van der Waals surface area contributed by atoms with Gasteiger partial charge in [0.2, 0.25) is 11.9 Å². The van der Waals surface area contributed by atoms with E-state index >= 15 is 0 Å². The molecule has 0 spiro atoms. The van der Waals surface area contributed by atoms with Gasteiger partial charge in [-0.1, -0.05) is 19.9 Å². The van der Waals surface area contributed by atoms with Crippen LogP contribution < -0.4 is 21.3 Å². The van der Waals surface area contributed by atoms with Crippen molar-refractivity contribution >= 4 is 51.4 Å². The highest BCUT2D eigenvalue weighted by atomic mass is 19.1. The summed E-state index contributed by atoms with van der Waals surface area (Å²) < 4.78 is 29.3. The predicted molar refractivity (Wildman–Crippen MR) is 276 cm³/mol. The maximum absolute atomic E-state index is 14.2. The van der Waals surface area contributed by atoms with E-state index in [1.165, 1.54) is 13.8 Å². The molecule has 0 bridgehead atoms. The number of nitrogens with one attached hydrogen (secondary N) is 5. The van der Waals surface area contributed by atoms with E-state index in [-0.39, 0.29) is 54.0 Å². The molecule has 18 heteroatoms. The zero-order chi connectivity index (χ0) is 50.1. The number of halogens is 1. The van der Waals surface area contributed by atoms with Gasteiger partial charge in [0, 0.05) is 80.3 Å². The summed E-state index contributed by atoms with van der Waals surface area (Å²) in [7, 11) is 3.53. The summed E-state index contributed by atoms with van der Waals surface area (Å²) >= 11 is 0. The first kappa shape index (κ1) is 48.8. The Morgan fingerprint density at radius 3 is 2.14 bits per heavy atom. The number of aryl methyl sites for hydroxylation is 1. The lowest BCUT2D eigenvalue weighted by atomic mass is 9.73. The van der Waals surface area contributed by atoms with Gasteiger partial charge in [-0.25, -0.2) is 28.4 Å². The minimum Gasteiger partial charge on any atom is -0.381 e. The smallest absolute Gasteiger partial charge is 0.255 e. The molecule has 72 heavy (non-hydrogen) atoms. The number of allylic oxidation sites excluding steroid dienone is 1. The molecule has 1 unspecified atom stereocenters. The third-order valence-electron chi connectivity index (χ3n) is 14.8. The van der Waals surface area contributed by atoms with Gasteiger partial charge in [0.15, 0.2) is 0 Å². The molecule has 2 amide bonds. The second kappa shape index (κ2) is 20.4. The molecule has 2 fully saturated rings. The van der Waals surface area contributed by atoms with Crippen molar-refractivity contribution in [3.8, 4) is 11.1 Å². The molecule has 17 nitrogen and oxygen atoms in total. The number of alkyl halides is 1. The maximum atomic E-state index is 14.2. The number of anilines is 2. The molecular weight excluding hydrogens is 914 g/mol. The largest absolute Gasteiger partial charge is 0.381 e. The molecule has 0 aromatic carbocycles. The molecule has 0 saturated heterocycles. The van der Waals surface area contributed by atoms with Crippen molar-refractivity contribution < 1.29 is 23.5 Å². The van der Waals surface area contributed by atoms with Crippen LogP contribution >= 0.6 is 0 Å². The Morgan fingerprint density at radius 2 is 1.43 bits per heavy atom. The second-order valence-corrected chi connectivity index (χ2v) is 21.3. The molecule has 3 atom stereocenters. The van der Waals surface area contributed by atoms with Gasteiger partial charge >= 0.3 is 0 Å². The normalized spacial score (nSPS) is 20.8. The van der Waals surface area contributed by atoms with E-state index in [1.807, 2.05) is 55.2 Å². The van der Waals surface area contributed by atoms with Gasteiger partial charge in [-0.05, 0) is 137 Å². The molecule has 3 aliphatic rings. The minimum absolute atomic E-state index is 0.0346. The van der Waals surface area contributed by atoms with Gasteiger partial charge in [-0.15, -0.1) is 0 Å². The summed E-state index contributed by atoms with van der Waals surface area (Å²) in [5.74, 6) is 0.871. The van der Waals surface area contributed by atoms with Crippen LogP contribution in [0, 0.1) is 11.3 Å². The Labute approximate surface area is 418 Å². The van der Waals surface area contributed by atoms with E-state index in [4.69, 9.17) is 24.4 Å². The number of fused-ring (bicyclic) bond motifs is 4. The highest BCUT2D eigenvalue weighted by Gasteiger charge is 2.36. The van der Waals surface area contributed by atoms with Gasteiger partial charge < -0.3 is 35.7 Å². The Morgan fingerprint density at radius 1 is 0.778 bits per heavy atom. The molecule has 3 aliphatic carbocycles. The maximum Gasteiger partial charge on any atom is 0.255 e. The van der Waals surface area contributed by atoms with Crippen LogP contribution in [0.2, 0.25) is 0 Å². The zero-order valence-corrected chi connectivity index (χ0v) is 42.1. The van der Waals surface area contributed by atoms with Crippen molar-refractivity contribution in [3.63, 3.8) is 0 Å². The summed E-state index contributed by atoms with van der Waals surface area (Å²) in [6.07, 6.45) is 24.7. The SMILES string of the molecule is CO[C@H]1CC[C@H](NC(=O)c2cnn3ccc(C4=CCCCc5nc(NCC(C)(C)F)ncc54)cc23)CC1CC(C)(C)CNc1ncc2c(-c3ccn4ncc(C(=O)N[C@H]5CC[C@H](OC)CC5)c4c3)c[nH]c2n1. The van der Waals surface area contributed by atoms with Crippen molar-refractivity contribution in [1.29, 1.82) is 0 Å². The van der Waals surface area contributed by atoms with E-state index in [1.54, 1.807) is 35.6 Å². The van der Waals surface area contributed by atoms with Crippen LogP contribution in [0.15, 0.2) is 73.7 Å². The number of nitrogens with zero attached hydrogens (tertiary/aromatic N) is 8. The number of aromatic amines is 1. The van der Waals surface area contributed by atoms with Gasteiger partial charge in [-0.2, -0.15) is 15.2 Å². The van der Waals surface area contributed by atoms with E-state index < -0.39 is 5.67 Å². The molecule has 7 aromatic rings. The number of carbonyl (C=O) groups excluding carboxylic acids is 2. The average Bonchev–Trinajstić information content (AvgIpc) is 4.08. The number of pyridine rings is 2. The monoisotopic (exact) mass is 980 g/mol. The number of carbonyl (C=O) groups is 2. The summed E-state index contributed by atoms with van der Waals surface area (Å²) in [6, 6.07) is 8.08. The lowest BCUT2D eigenvalue weighted by Crippen LogP contribution is -2.44. The van der Waals surface area contributed by atoms with Crippen molar-refractivity contribution in [2.24, 2.45) is 11.3 Å². The number of amides is 2. The molecule has 0 radical (unpaired) electrons. The molecule has 0 aliphatic heterocycles. The van der Waals surface area contributed by atoms with Crippen molar-refractivity contribution in [2.45, 2.75) is 128 Å². The van der Waals surface area contributed by atoms with Gasteiger partial charge in [0.1, 0.15) is 11.3 Å². The Hall–Kier alpha value is -6.79. The zero-order valence-electron chi connectivity index (χ0n) is 42.1. The third-order valence-corrected chi connectivity index (χ3v) is 14.8. The second-order valence-electron chi connectivity index (χ2n) is 21.3. The van der Waals surface area contributed by atoms with Crippen LogP contribution in [-0.4, -0.2) is 113 Å². The number of hydrogen-bond donors (Lipinski definition) is 5. The number of ether oxygens (including phenoxy) is 2. The van der Waals surface area contributed by atoms with Crippen LogP contribution in [0.25, 0.3) is 38.8 Å². The first-order valence-electron chi connectivity index (χ1n) is 25.4. The van der Waals surface area contributed by atoms with E-state index in [2.05, 4.69) is 61.4 Å².